The molecule has 0 radical (unpaired) electrons. The van der Waals surface area contributed by atoms with Crippen molar-refractivity contribution in [2.24, 2.45) is 5.73 Å². The Balaban J connectivity index is 2.34. The van der Waals surface area contributed by atoms with E-state index in [1.807, 2.05) is 42.5 Å². The van der Waals surface area contributed by atoms with Gasteiger partial charge in [0.25, 0.3) is 0 Å². The molecule has 2 N–H and O–H groups in total. The van der Waals surface area contributed by atoms with Gasteiger partial charge in [0.1, 0.15) is 5.75 Å². The lowest BCUT2D eigenvalue weighted by molar-refractivity contribution is 0.346. The van der Waals surface area contributed by atoms with Crippen LogP contribution >= 0.6 is 0 Å². The van der Waals surface area contributed by atoms with E-state index in [0.29, 0.717) is 23.0 Å². The van der Waals surface area contributed by atoms with Crippen molar-refractivity contribution in [1.29, 1.82) is 0 Å². The van der Waals surface area contributed by atoms with E-state index in [4.69, 9.17) is 19.9 Å². The average molecular weight is 287 g/mol. The fraction of sp³-hybridized carbons (Fsp3) is 0.294. The second-order valence-corrected chi connectivity index (χ2v) is 4.68. The van der Waals surface area contributed by atoms with E-state index >= 15 is 0 Å². The molecule has 21 heavy (non-hydrogen) atoms. The molecule has 4 heteroatoms. The lowest BCUT2D eigenvalue weighted by Gasteiger charge is -2.15. The molecule has 0 saturated heterocycles. The van der Waals surface area contributed by atoms with Crippen molar-refractivity contribution in [3.05, 3.63) is 48.0 Å². The topological polar surface area (TPSA) is 53.7 Å². The fourth-order valence-electron chi connectivity index (χ4n) is 2.08. The molecule has 0 bridgehead atoms. The average Bonchev–Trinajstić information content (AvgIpc) is 2.54. The van der Waals surface area contributed by atoms with Crippen LogP contribution in [0.15, 0.2) is 42.5 Å². The van der Waals surface area contributed by atoms with Gasteiger partial charge in [0.2, 0.25) is 5.75 Å². The highest BCUT2D eigenvalue weighted by atomic mass is 16.5. The molecule has 2 aromatic carbocycles. The summed E-state index contributed by atoms with van der Waals surface area (Å²) in [6.45, 7) is 2.06. The molecule has 0 aromatic heterocycles. The predicted molar refractivity (Wildman–Crippen MR) is 83.3 cm³/mol. The zero-order valence-corrected chi connectivity index (χ0v) is 12.6. The molecular weight excluding hydrogens is 266 g/mol. The number of nitrogens with two attached hydrogens (primary N) is 1. The number of ether oxygens (including phenoxy) is 3. The molecule has 112 valence electrons. The molecule has 0 aliphatic carbocycles. The van der Waals surface area contributed by atoms with E-state index < -0.39 is 0 Å². The SMILES string of the molecule is CCC(N)c1cccc(Oc2c(OC)cccc2OC)c1. The van der Waals surface area contributed by atoms with Crippen molar-refractivity contribution >= 4 is 0 Å². The van der Waals surface area contributed by atoms with E-state index in [2.05, 4.69) is 6.92 Å². The van der Waals surface area contributed by atoms with E-state index in [1.165, 1.54) is 0 Å². The van der Waals surface area contributed by atoms with Gasteiger partial charge < -0.3 is 19.9 Å². The molecule has 0 heterocycles. The Hall–Kier alpha value is -2.20. The largest absolute Gasteiger partial charge is 0.493 e. The van der Waals surface area contributed by atoms with Gasteiger partial charge >= 0.3 is 0 Å². The maximum atomic E-state index is 6.06. The highest BCUT2D eigenvalue weighted by molar-refractivity contribution is 5.53. The van der Waals surface area contributed by atoms with Gasteiger partial charge in [0, 0.05) is 6.04 Å². The summed E-state index contributed by atoms with van der Waals surface area (Å²) in [5.74, 6) is 2.52. The summed E-state index contributed by atoms with van der Waals surface area (Å²) in [4.78, 5) is 0. The molecule has 0 aliphatic heterocycles. The molecule has 0 spiro atoms. The number of benzene rings is 2. The standard InChI is InChI=1S/C17H21NO3/c1-4-14(18)12-7-5-8-13(11-12)21-17-15(19-2)9-6-10-16(17)20-3/h5-11,14H,4,18H2,1-3H3. The summed E-state index contributed by atoms with van der Waals surface area (Å²) in [6.07, 6.45) is 0.876. The molecule has 0 fully saturated rings. The van der Waals surface area contributed by atoms with Crippen LogP contribution in [0.2, 0.25) is 0 Å². The van der Waals surface area contributed by atoms with Gasteiger partial charge in [0.15, 0.2) is 11.5 Å². The van der Waals surface area contributed by atoms with Gasteiger partial charge in [-0.2, -0.15) is 0 Å². The second-order valence-electron chi connectivity index (χ2n) is 4.68. The van der Waals surface area contributed by atoms with Crippen LogP contribution in [0, 0.1) is 0 Å². The van der Waals surface area contributed by atoms with E-state index in [9.17, 15) is 0 Å². The van der Waals surface area contributed by atoms with Crippen molar-refractivity contribution in [3.8, 4) is 23.0 Å². The number of hydrogen-bond donors (Lipinski definition) is 1. The van der Waals surface area contributed by atoms with Crippen molar-refractivity contribution in [2.45, 2.75) is 19.4 Å². The van der Waals surface area contributed by atoms with Gasteiger partial charge in [-0.25, -0.2) is 0 Å². The third-order valence-corrected chi connectivity index (χ3v) is 3.33. The zero-order chi connectivity index (χ0) is 15.2. The Morgan fingerprint density at radius 3 is 2.19 bits per heavy atom. The van der Waals surface area contributed by atoms with Crippen molar-refractivity contribution in [3.63, 3.8) is 0 Å². The van der Waals surface area contributed by atoms with Crippen LogP contribution in [-0.2, 0) is 0 Å². The number of methoxy groups -OCH3 is 2. The first-order valence-electron chi connectivity index (χ1n) is 6.94. The molecule has 0 amide bonds. The minimum atomic E-state index is 0.00751. The van der Waals surface area contributed by atoms with Gasteiger partial charge in [-0.1, -0.05) is 25.1 Å². The van der Waals surface area contributed by atoms with Crippen LogP contribution in [0.25, 0.3) is 0 Å². The van der Waals surface area contributed by atoms with Crippen LogP contribution in [0.5, 0.6) is 23.0 Å². The molecular formula is C17H21NO3. The maximum Gasteiger partial charge on any atom is 0.210 e. The first-order chi connectivity index (χ1) is 10.2. The van der Waals surface area contributed by atoms with Crippen molar-refractivity contribution in [1.82, 2.24) is 0 Å². The highest BCUT2D eigenvalue weighted by Gasteiger charge is 2.13. The molecule has 2 aromatic rings. The van der Waals surface area contributed by atoms with Gasteiger partial charge in [0.05, 0.1) is 14.2 Å². The lowest BCUT2D eigenvalue weighted by atomic mass is 10.1. The third kappa shape index (κ3) is 3.47. The monoisotopic (exact) mass is 287 g/mol. The predicted octanol–water partition coefficient (Wildman–Crippen LogP) is 3.91. The Morgan fingerprint density at radius 2 is 1.62 bits per heavy atom. The van der Waals surface area contributed by atoms with Crippen LogP contribution in [0.4, 0.5) is 0 Å². The molecule has 0 aliphatic rings. The fourth-order valence-corrected chi connectivity index (χ4v) is 2.08. The van der Waals surface area contributed by atoms with Crippen LogP contribution in [-0.4, -0.2) is 14.2 Å². The van der Waals surface area contributed by atoms with E-state index in [0.717, 1.165) is 12.0 Å². The summed E-state index contributed by atoms with van der Waals surface area (Å²) < 4.78 is 16.6. The van der Waals surface area contributed by atoms with Gasteiger partial charge in [-0.05, 0) is 36.2 Å². The Kier molecular flexibility index (Phi) is 5.06. The molecule has 1 atom stereocenters. The molecule has 1 unspecified atom stereocenters. The van der Waals surface area contributed by atoms with Crippen molar-refractivity contribution in [2.75, 3.05) is 14.2 Å². The van der Waals surface area contributed by atoms with Gasteiger partial charge in [-0.3, -0.25) is 0 Å². The summed E-state index contributed by atoms with van der Waals surface area (Å²) in [5.41, 5.74) is 7.11. The maximum absolute atomic E-state index is 6.06. The van der Waals surface area contributed by atoms with E-state index in [1.54, 1.807) is 14.2 Å². The third-order valence-electron chi connectivity index (χ3n) is 3.33. The lowest BCUT2D eigenvalue weighted by Crippen LogP contribution is -2.08. The van der Waals surface area contributed by atoms with Crippen LogP contribution in [0.3, 0.4) is 0 Å². The first-order valence-corrected chi connectivity index (χ1v) is 6.94. The van der Waals surface area contributed by atoms with Gasteiger partial charge in [-0.15, -0.1) is 0 Å². The van der Waals surface area contributed by atoms with E-state index in [-0.39, 0.29) is 6.04 Å². The highest BCUT2D eigenvalue weighted by Crippen LogP contribution is 2.40. The Labute approximate surface area is 125 Å². The quantitative estimate of drug-likeness (QED) is 0.875. The Morgan fingerprint density at radius 1 is 1.00 bits per heavy atom. The summed E-state index contributed by atoms with van der Waals surface area (Å²) in [7, 11) is 3.20. The van der Waals surface area contributed by atoms with Crippen LogP contribution in [0.1, 0.15) is 24.9 Å². The first kappa shape index (κ1) is 15.2. The summed E-state index contributed by atoms with van der Waals surface area (Å²) in [5, 5.41) is 0. The van der Waals surface area contributed by atoms with Crippen molar-refractivity contribution < 1.29 is 14.2 Å². The minimum Gasteiger partial charge on any atom is -0.493 e. The molecule has 2 rings (SSSR count). The zero-order valence-electron chi connectivity index (χ0n) is 12.6. The Bertz CT molecular complexity index is 576. The second kappa shape index (κ2) is 6.99. The molecule has 0 saturated carbocycles. The molecule has 4 nitrogen and oxygen atoms in total. The smallest absolute Gasteiger partial charge is 0.210 e. The summed E-state index contributed by atoms with van der Waals surface area (Å²) >= 11 is 0. The number of hydrogen-bond acceptors (Lipinski definition) is 4. The summed E-state index contributed by atoms with van der Waals surface area (Å²) in [6, 6.07) is 13.3. The number of rotatable bonds is 6. The number of para-hydroxylation sites is 1. The normalized spacial score (nSPS) is 11.8. The minimum absolute atomic E-state index is 0.00751. The van der Waals surface area contributed by atoms with Crippen LogP contribution < -0.4 is 19.9 Å².